The molecule has 2 aromatic rings. The predicted molar refractivity (Wildman–Crippen MR) is 99.9 cm³/mol. The molecule has 0 spiro atoms. The summed E-state index contributed by atoms with van der Waals surface area (Å²) in [5.41, 5.74) is 0.448. The van der Waals surface area contributed by atoms with E-state index in [-0.39, 0.29) is 18.0 Å². The van der Waals surface area contributed by atoms with Gasteiger partial charge in [-0.2, -0.15) is 0 Å². The Morgan fingerprint density at radius 2 is 2.00 bits per heavy atom. The summed E-state index contributed by atoms with van der Waals surface area (Å²) in [6, 6.07) is 9.88. The van der Waals surface area contributed by atoms with Crippen LogP contribution in [0.2, 0.25) is 0 Å². The first-order valence-corrected chi connectivity index (χ1v) is 9.23. The summed E-state index contributed by atoms with van der Waals surface area (Å²) in [4.78, 5) is 37.2. The number of amides is 2. The lowest BCUT2D eigenvalue weighted by Crippen LogP contribution is -2.34. The van der Waals surface area contributed by atoms with Crippen LogP contribution in [0.4, 0.5) is 20.2 Å². The monoisotopic (exact) mass is 406 g/mol. The van der Waals surface area contributed by atoms with Crippen molar-refractivity contribution >= 4 is 40.9 Å². The van der Waals surface area contributed by atoms with Crippen molar-refractivity contribution in [1.29, 1.82) is 0 Å². The van der Waals surface area contributed by atoms with Crippen LogP contribution in [0.15, 0.2) is 47.4 Å². The fraction of sp³-hybridized carbons (Fsp3) is 0.211. The Hall–Kier alpha value is -2.94. The van der Waals surface area contributed by atoms with Crippen molar-refractivity contribution in [2.24, 2.45) is 0 Å². The van der Waals surface area contributed by atoms with Crippen molar-refractivity contribution in [2.75, 3.05) is 10.6 Å². The molecular weight excluding hydrogens is 390 g/mol. The van der Waals surface area contributed by atoms with Gasteiger partial charge in [0.25, 0.3) is 5.91 Å². The molecule has 0 unspecified atom stereocenters. The van der Waals surface area contributed by atoms with Gasteiger partial charge in [0.2, 0.25) is 5.91 Å². The lowest BCUT2D eigenvalue weighted by molar-refractivity contribution is -0.153. The number of esters is 1. The van der Waals surface area contributed by atoms with Gasteiger partial charge in [0, 0.05) is 11.0 Å². The van der Waals surface area contributed by atoms with Crippen molar-refractivity contribution in [1.82, 2.24) is 0 Å². The molecule has 28 heavy (non-hydrogen) atoms. The number of ether oxygens (including phenoxy) is 1. The molecule has 1 aliphatic rings. The van der Waals surface area contributed by atoms with Crippen LogP contribution in [-0.2, 0) is 19.1 Å². The van der Waals surface area contributed by atoms with Gasteiger partial charge < -0.3 is 15.4 Å². The van der Waals surface area contributed by atoms with Crippen LogP contribution in [0.25, 0.3) is 0 Å². The number of anilines is 2. The second-order valence-electron chi connectivity index (χ2n) is 6.04. The van der Waals surface area contributed by atoms with E-state index in [1.807, 2.05) is 12.1 Å². The molecule has 0 radical (unpaired) electrons. The molecule has 6 nitrogen and oxygen atoms in total. The number of carbonyl (C=O) groups excluding carboxylic acids is 3. The zero-order valence-electron chi connectivity index (χ0n) is 14.7. The van der Waals surface area contributed by atoms with E-state index in [1.54, 1.807) is 12.1 Å². The van der Waals surface area contributed by atoms with Gasteiger partial charge in [0.15, 0.2) is 6.10 Å². The first-order valence-electron chi connectivity index (χ1n) is 8.35. The minimum Gasteiger partial charge on any atom is -0.452 e. The first-order chi connectivity index (χ1) is 13.3. The first kappa shape index (κ1) is 19.8. The topological polar surface area (TPSA) is 84.5 Å². The lowest BCUT2D eigenvalue weighted by Gasteiger charge is -2.23. The summed E-state index contributed by atoms with van der Waals surface area (Å²) in [7, 11) is 0. The van der Waals surface area contributed by atoms with Crippen LogP contribution in [-0.4, -0.2) is 29.1 Å². The molecule has 146 valence electrons. The van der Waals surface area contributed by atoms with Crippen LogP contribution < -0.4 is 10.6 Å². The van der Waals surface area contributed by atoms with Gasteiger partial charge in [0.05, 0.1) is 23.0 Å². The molecule has 0 bridgehead atoms. The van der Waals surface area contributed by atoms with Crippen molar-refractivity contribution in [3.8, 4) is 0 Å². The van der Waals surface area contributed by atoms with Gasteiger partial charge in [-0.3, -0.25) is 14.4 Å². The third-order valence-electron chi connectivity index (χ3n) is 3.93. The van der Waals surface area contributed by atoms with E-state index < -0.39 is 34.9 Å². The molecule has 2 atom stereocenters. The number of rotatable bonds is 5. The molecule has 0 fully saturated rings. The Balaban J connectivity index is 1.55. The third-order valence-corrected chi connectivity index (χ3v) is 5.20. The Kier molecular flexibility index (Phi) is 5.93. The van der Waals surface area contributed by atoms with Gasteiger partial charge in [-0.25, -0.2) is 8.78 Å². The Bertz CT molecular complexity index is 938. The summed E-state index contributed by atoms with van der Waals surface area (Å²) in [6.45, 7) is 1.32. The van der Waals surface area contributed by atoms with E-state index in [4.69, 9.17) is 4.74 Å². The fourth-order valence-corrected chi connectivity index (χ4v) is 3.60. The smallest absolute Gasteiger partial charge is 0.308 e. The van der Waals surface area contributed by atoms with E-state index in [0.717, 1.165) is 17.0 Å². The van der Waals surface area contributed by atoms with E-state index in [1.165, 1.54) is 18.7 Å². The summed E-state index contributed by atoms with van der Waals surface area (Å²) in [5, 5.41) is 4.25. The van der Waals surface area contributed by atoms with E-state index >= 15 is 0 Å². The van der Waals surface area contributed by atoms with E-state index in [9.17, 15) is 23.2 Å². The third kappa shape index (κ3) is 4.66. The van der Waals surface area contributed by atoms with Crippen LogP contribution in [0, 0.1) is 11.6 Å². The summed E-state index contributed by atoms with van der Waals surface area (Å²) in [5.74, 6) is -3.56. The molecule has 1 aliphatic heterocycles. The second-order valence-corrected chi connectivity index (χ2v) is 7.29. The number of carbonyl (C=O) groups is 3. The second kappa shape index (κ2) is 8.39. The number of hydrogen-bond donors (Lipinski definition) is 2. The fourth-order valence-electron chi connectivity index (χ4n) is 2.50. The van der Waals surface area contributed by atoms with Crippen molar-refractivity contribution < 1.29 is 27.9 Å². The zero-order chi connectivity index (χ0) is 20.3. The Morgan fingerprint density at radius 1 is 1.25 bits per heavy atom. The van der Waals surface area contributed by atoms with Crippen molar-refractivity contribution in [2.45, 2.75) is 29.6 Å². The van der Waals surface area contributed by atoms with Gasteiger partial charge >= 0.3 is 5.97 Å². The average molecular weight is 406 g/mol. The SMILES string of the molecule is C[C@H](OC(=O)C[C@H]1Sc2ccccc2NC1=O)C(=O)Nc1ccc(F)cc1F. The molecule has 9 heteroatoms. The van der Waals surface area contributed by atoms with Crippen molar-refractivity contribution in [3.63, 3.8) is 0 Å². The maximum Gasteiger partial charge on any atom is 0.308 e. The molecular formula is C19H16F2N2O4S. The minimum absolute atomic E-state index is 0.229. The van der Waals surface area contributed by atoms with Gasteiger partial charge in [-0.05, 0) is 31.2 Å². The number of fused-ring (bicyclic) bond motifs is 1. The molecule has 0 saturated carbocycles. The number of halogens is 2. The maximum atomic E-state index is 13.6. The standard InChI is InChI=1S/C19H16F2N2O4S/c1-10(18(25)22-13-7-6-11(20)8-12(13)21)27-17(24)9-16-19(26)23-14-4-2-3-5-15(14)28-16/h2-8,10,16H,9H2,1H3,(H,22,25)(H,23,26)/t10-,16+/m0/s1. The molecule has 0 aromatic heterocycles. The number of benzene rings is 2. The largest absolute Gasteiger partial charge is 0.452 e. The number of nitrogens with one attached hydrogen (secondary N) is 2. The molecule has 0 aliphatic carbocycles. The highest BCUT2D eigenvalue weighted by Crippen LogP contribution is 2.36. The van der Waals surface area contributed by atoms with Crippen LogP contribution in [0.1, 0.15) is 13.3 Å². The van der Waals surface area contributed by atoms with Crippen molar-refractivity contribution in [3.05, 3.63) is 54.1 Å². The highest BCUT2D eigenvalue weighted by atomic mass is 32.2. The quantitative estimate of drug-likeness (QED) is 0.744. The zero-order valence-corrected chi connectivity index (χ0v) is 15.5. The van der Waals surface area contributed by atoms with Gasteiger partial charge in [-0.1, -0.05) is 12.1 Å². The summed E-state index contributed by atoms with van der Waals surface area (Å²) in [6.07, 6.45) is -1.45. The molecule has 2 N–H and O–H groups in total. The average Bonchev–Trinajstić information content (AvgIpc) is 2.64. The summed E-state index contributed by atoms with van der Waals surface area (Å²) >= 11 is 1.24. The van der Waals surface area contributed by atoms with E-state index in [2.05, 4.69) is 10.6 Å². The Morgan fingerprint density at radius 3 is 2.75 bits per heavy atom. The lowest BCUT2D eigenvalue weighted by atomic mass is 10.2. The maximum absolute atomic E-state index is 13.6. The van der Waals surface area contributed by atoms with Crippen LogP contribution >= 0.6 is 11.8 Å². The van der Waals surface area contributed by atoms with Gasteiger partial charge in [-0.15, -0.1) is 11.8 Å². The molecule has 2 amide bonds. The van der Waals surface area contributed by atoms with Crippen LogP contribution in [0.5, 0.6) is 0 Å². The molecule has 1 heterocycles. The number of hydrogen-bond acceptors (Lipinski definition) is 5. The molecule has 2 aromatic carbocycles. The number of thioether (sulfide) groups is 1. The number of para-hydroxylation sites is 1. The summed E-state index contributed by atoms with van der Waals surface area (Å²) < 4.78 is 31.6. The highest BCUT2D eigenvalue weighted by molar-refractivity contribution is 8.01. The Labute approximate surface area is 163 Å². The van der Waals surface area contributed by atoms with E-state index in [0.29, 0.717) is 11.8 Å². The molecule has 3 rings (SSSR count). The predicted octanol–water partition coefficient (Wildman–Crippen LogP) is 3.34. The molecule has 0 saturated heterocycles. The highest BCUT2D eigenvalue weighted by Gasteiger charge is 2.30. The minimum atomic E-state index is -1.22. The van der Waals surface area contributed by atoms with Crippen LogP contribution in [0.3, 0.4) is 0 Å². The normalized spacial score (nSPS) is 16.5. The van der Waals surface area contributed by atoms with Gasteiger partial charge in [0.1, 0.15) is 11.6 Å².